The summed E-state index contributed by atoms with van der Waals surface area (Å²) >= 11 is 0. The quantitative estimate of drug-likeness (QED) is 0.810. The molecule has 0 atom stereocenters. The normalized spacial score (nSPS) is 18.0. The summed E-state index contributed by atoms with van der Waals surface area (Å²) < 4.78 is 0. The molecule has 0 saturated carbocycles. The number of rotatable bonds is 3. The van der Waals surface area contributed by atoms with Crippen LogP contribution in [-0.2, 0) is 6.54 Å². The van der Waals surface area contributed by atoms with Gasteiger partial charge in [0, 0.05) is 25.9 Å². The second kappa shape index (κ2) is 8.74. The lowest BCUT2D eigenvalue weighted by Gasteiger charge is -2.44. The van der Waals surface area contributed by atoms with Gasteiger partial charge in [-0.15, -0.1) is 0 Å². The summed E-state index contributed by atoms with van der Waals surface area (Å²) in [6.07, 6.45) is 10.4. The molecular formula is C20H21N7O. The van der Waals surface area contributed by atoms with E-state index in [1.807, 2.05) is 24.4 Å². The van der Waals surface area contributed by atoms with Crippen LogP contribution in [0, 0.1) is 23.2 Å². The summed E-state index contributed by atoms with van der Waals surface area (Å²) in [6.45, 7) is 5.69. The minimum atomic E-state index is -0.172. The summed E-state index contributed by atoms with van der Waals surface area (Å²) in [6, 6.07) is 9.46. The Morgan fingerprint density at radius 1 is 1.14 bits per heavy atom. The predicted molar refractivity (Wildman–Crippen MR) is 104 cm³/mol. The number of hydrogen-bond acceptors (Lipinski definition) is 6. The van der Waals surface area contributed by atoms with Crippen molar-refractivity contribution in [1.29, 1.82) is 10.5 Å². The molecule has 142 valence electrons. The number of piperidine rings is 1. The van der Waals surface area contributed by atoms with Crippen LogP contribution < -0.4 is 0 Å². The summed E-state index contributed by atoms with van der Waals surface area (Å²) in [5.41, 5.74) is 1.43. The van der Waals surface area contributed by atoms with Crippen molar-refractivity contribution in [2.75, 3.05) is 13.1 Å². The summed E-state index contributed by atoms with van der Waals surface area (Å²) in [7, 11) is 0. The second-order valence-corrected chi connectivity index (χ2v) is 6.44. The first-order valence-electron chi connectivity index (χ1n) is 9.09. The van der Waals surface area contributed by atoms with Crippen LogP contribution in [0.2, 0.25) is 0 Å². The highest BCUT2D eigenvalue weighted by atomic mass is 16.2. The lowest BCUT2D eigenvalue weighted by Crippen LogP contribution is -2.54. The minimum absolute atomic E-state index is 0.172. The predicted octanol–water partition coefficient (Wildman–Crippen LogP) is 2.95. The largest absolute Gasteiger partial charge is 0.357 e. The Morgan fingerprint density at radius 3 is 2.64 bits per heavy atom. The minimum Gasteiger partial charge on any atom is -0.357 e. The summed E-state index contributed by atoms with van der Waals surface area (Å²) in [4.78, 5) is 17.1. The molecule has 1 aromatic rings. The summed E-state index contributed by atoms with van der Waals surface area (Å²) in [5, 5.41) is 23.2. The van der Waals surface area contributed by atoms with E-state index >= 15 is 0 Å². The van der Waals surface area contributed by atoms with Gasteiger partial charge in [0.1, 0.15) is 5.82 Å². The number of benzene rings is 1. The molecule has 1 aromatic carbocycles. The Labute approximate surface area is 164 Å². The Kier molecular flexibility index (Phi) is 5.93. The molecule has 0 bridgehead atoms. The van der Waals surface area contributed by atoms with Crippen molar-refractivity contribution in [3.05, 3.63) is 59.7 Å². The fraction of sp³-hybridized carbons (Fsp3) is 0.300. The highest BCUT2D eigenvalue weighted by Gasteiger charge is 2.35. The lowest BCUT2D eigenvalue weighted by atomic mass is 10.1. The zero-order valence-corrected chi connectivity index (χ0v) is 15.5. The molecule has 3 aliphatic rings. The molecule has 0 N–H and O–H groups in total. The molecule has 2 amide bonds. The van der Waals surface area contributed by atoms with Gasteiger partial charge in [-0.1, -0.05) is 18.2 Å². The van der Waals surface area contributed by atoms with Gasteiger partial charge in [-0.05, 0) is 37.0 Å². The van der Waals surface area contributed by atoms with Crippen molar-refractivity contribution >= 4 is 12.2 Å². The monoisotopic (exact) mass is 375 g/mol. The first-order valence-corrected chi connectivity index (χ1v) is 9.09. The molecule has 1 fully saturated rings. The van der Waals surface area contributed by atoms with E-state index in [9.17, 15) is 10.1 Å². The highest BCUT2D eigenvalue weighted by Crippen LogP contribution is 2.28. The number of allylic oxidation sites excluding steroid dienone is 1. The standard InChI is InChI=1S/C19H20N6O.CHN/c20-13-16-7-2-3-8-17(16)14-23-18(22-10-4-1-5-11-22)15-25-21-9-6-12-24(25)19(23)26;1-2/h2-3,6-9,12,15H,1,4-5,10-11,14H2;1H. The first-order chi connectivity index (χ1) is 13.8. The molecule has 8 heteroatoms. The molecule has 8 nitrogen and oxygen atoms in total. The number of urea groups is 1. The van der Waals surface area contributed by atoms with Crippen molar-refractivity contribution in [3.8, 4) is 12.6 Å². The van der Waals surface area contributed by atoms with Gasteiger partial charge in [0.05, 0.1) is 30.6 Å². The zero-order chi connectivity index (χ0) is 19.9. The topological polar surface area (TPSA) is 90.0 Å². The Hall–Kier alpha value is -3.78. The number of fused-ring (bicyclic) bond motifs is 1. The van der Waals surface area contributed by atoms with Crippen molar-refractivity contribution in [2.45, 2.75) is 25.8 Å². The van der Waals surface area contributed by atoms with E-state index in [1.165, 1.54) is 11.4 Å². The second-order valence-electron chi connectivity index (χ2n) is 6.44. The van der Waals surface area contributed by atoms with Gasteiger partial charge in [0.15, 0.2) is 0 Å². The molecule has 0 unspecified atom stereocenters. The number of hydrazone groups is 1. The van der Waals surface area contributed by atoms with Crippen LogP contribution in [0.4, 0.5) is 4.79 Å². The van der Waals surface area contributed by atoms with Crippen molar-refractivity contribution < 1.29 is 4.79 Å². The smallest absolute Gasteiger partial charge is 0.350 e. The van der Waals surface area contributed by atoms with Gasteiger partial charge >= 0.3 is 6.03 Å². The maximum atomic E-state index is 13.2. The van der Waals surface area contributed by atoms with Crippen LogP contribution in [0.1, 0.15) is 30.4 Å². The first kappa shape index (κ1) is 19.0. The number of hydrogen-bond donors (Lipinski definition) is 0. The van der Waals surface area contributed by atoms with E-state index in [2.05, 4.69) is 22.6 Å². The van der Waals surface area contributed by atoms with Gasteiger partial charge in [-0.3, -0.25) is 4.90 Å². The Bertz CT molecular complexity index is 874. The molecule has 1 saturated heterocycles. The average Bonchev–Trinajstić information content (AvgIpc) is 2.78. The molecule has 0 radical (unpaired) electrons. The van der Waals surface area contributed by atoms with Crippen LogP contribution >= 0.6 is 0 Å². The molecule has 3 heterocycles. The third-order valence-electron chi connectivity index (χ3n) is 4.80. The number of carbonyl (C=O) groups is 1. The van der Waals surface area contributed by atoms with E-state index in [4.69, 9.17) is 5.26 Å². The van der Waals surface area contributed by atoms with Gasteiger partial charge in [0.25, 0.3) is 0 Å². The van der Waals surface area contributed by atoms with Crippen LogP contribution in [0.15, 0.2) is 53.7 Å². The van der Waals surface area contributed by atoms with E-state index in [0.717, 1.165) is 37.3 Å². The molecule has 4 rings (SSSR count). The van der Waals surface area contributed by atoms with Crippen LogP contribution in [0.25, 0.3) is 0 Å². The van der Waals surface area contributed by atoms with Gasteiger partial charge < -0.3 is 4.90 Å². The van der Waals surface area contributed by atoms with Crippen LogP contribution in [0.5, 0.6) is 0 Å². The number of nitrogens with zero attached hydrogens (tertiary/aromatic N) is 7. The molecule has 0 aromatic heterocycles. The average molecular weight is 375 g/mol. The Morgan fingerprint density at radius 2 is 1.89 bits per heavy atom. The SMILES string of the molecule is C#N.N#Cc1ccccc1CN1C(=O)N2C=CC=NN2C=C1N1CCCCC1. The molecule has 28 heavy (non-hydrogen) atoms. The molecular weight excluding hydrogens is 354 g/mol. The maximum Gasteiger partial charge on any atom is 0.350 e. The highest BCUT2D eigenvalue weighted by molar-refractivity contribution is 5.81. The lowest BCUT2D eigenvalue weighted by molar-refractivity contribution is 0.0442. The third kappa shape index (κ3) is 3.67. The van der Waals surface area contributed by atoms with E-state index in [1.54, 1.807) is 34.6 Å². The molecule has 0 spiro atoms. The van der Waals surface area contributed by atoms with Crippen molar-refractivity contribution in [2.24, 2.45) is 5.10 Å². The van der Waals surface area contributed by atoms with E-state index in [-0.39, 0.29) is 6.03 Å². The number of amides is 2. The Balaban J connectivity index is 0.00000109. The fourth-order valence-electron chi connectivity index (χ4n) is 3.45. The third-order valence-corrected chi connectivity index (χ3v) is 4.80. The van der Waals surface area contributed by atoms with Crippen LogP contribution in [-0.4, -0.2) is 45.3 Å². The zero-order valence-electron chi connectivity index (χ0n) is 15.5. The van der Waals surface area contributed by atoms with Crippen molar-refractivity contribution in [3.63, 3.8) is 0 Å². The number of nitriles is 2. The van der Waals surface area contributed by atoms with Crippen LogP contribution in [0.3, 0.4) is 0 Å². The number of hydrazine groups is 1. The number of likely N-dealkylation sites (tertiary alicyclic amines) is 1. The van der Waals surface area contributed by atoms with Gasteiger partial charge in [0.2, 0.25) is 0 Å². The molecule has 0 aliphatic carbocycles. The van der Waals surface area contributed by atoms with Gasteiger partial charge in [-0.25, -0.2) is 10.1 Å². The van der Waals surface area contributed by atoms with Crippen molar-refractivity contribution in [1.82, 2.24) is 19.9 Å². The van der Waals surface area contributed by atoms with Gasteiger partial charge in [-0.2, -0.15) is 20.5 Å². The van der Waals surface area contributed by atoms with E-state index < -0.39 is 0 Å². The number of carbonyl (C=O) groups excluding carboxylic acids is 1. The fourth-order valence-corrected chi connectivity index (χ4v) is 3.45. The van der Waals surface area contributed by atoms with E-state index in [0.29, 0.717) is 12.1 Å². The molecule has 3 aliphatic heterocycles. The maximum absolute atomic E-state index is 13.2. The summed E-state index contributed by atoms with van der Waals surface area (Å²) in [5.74, 6) is 0.839.